The van der Waals surface area contributed by atoms with Crippen molar-refractivity contribution in [3.8, 4) is 0 Å². The molecule has 0 unspecified atom stereocenters. The van der Waals surface area contributed by atoms with Crippen molar-refractivity contribution in [2.45, 2.75) is 19.3 Å². The lowest BCUT2D eigenvalue weighted by molar-refractivity contribution is -0.144. The van der Waals surface area contributed by atoms with E-state index in [2.05, 4.69) is 0 Å². The molecular formula is C14H25N3O3. The number of nitrogens with two attached hydrogens (primary N) is 1. The minimum Gasteiger partial charge on any atom is -0.378 e. The van der Waals surface area contributed by atoms with E-state index in [0.717, 1.165) is 19.3 Å². The van der Waals surface area contributed by atoms with Crippen LogP contribution in [-0.4, -0.2) is 68.1 Å². The van der Waals surface area contributed by atoms with Crippen molar-refractivity contribution in [1.29, 1.82) is 0 Å². The van der Waals surface area contributed by atoms with Crippen molar-refractivity contribution in [1.82, 2.24) is 9.80 Å². The lowest BCUT2D eigenvalue weighted by atomic mass is 9.95. The van der Waals surface area contributed by atoms with Crippen LogP contribution in [0.15, 0.2) is 0 Å². The Morgan fingerprint density at radius 1 is 1.30 bits per heavy atom. The van der Waals surface area contributed by atoms with E-state index >= 15 is 0 Å². The first-order valence-corrected chi connectivity index (χ1v) is 7.44. The molecule has 0 radical (unpaired) electrons. The highest BCUT2D eigenvalue weighted by Crippen LogP contribution is 2.32. The molecule has 6 heteroatoms. The molecule has 2 amide bonds. The molecule has 0 spiro atoms. The fourth-order valence-corrected chi connectivity index (χ4v) is 3.12. The van der Waals surface area contributed by atoms with Crippen LogP contribution in [-0.2, 0) is 14.3 Å². The Balaban J connectivity index is 1.85. The van der Waals surface area contributed by atoms with Gasteiger partial charge in [-0.05, 0) is 25.3 Å². The van der Waals surface area contributed by atoms with Gasteiger partial charge < -0.3 is 20.3 Å². The number of rotatable bonds is 4. The Hall–Kier alpha value is -1.14. The van der Waals surface area contributed by atoms with Crippen LogP contribution in [0.5, 0.6) is 0 Å². The first kappa shape index (κ1) is 15.3. The molecular weight excluding hydrogens is 258 g/mol. The molecule has 2 atom stereocenters. The lowest BCUT2D eigenvalue weighted by Gasteiger charge is -2.30. The summed E-state index contributed by atoms with van der Waals surface area (Å²) in [5.41, 5.74) is 5.72. The molecule has 1 heterocycles. The van der Waals surface area contributed by atoms with Gasteiger partial charge in [-0.15, -0.1) is 0 Å². The van der Waals surface area contributed by atoms with E-state index in [4.69, 9.17) is 10.5 Å². The van der Waals surface area contributed by atoms with Crippen molar-refractivity contribution in [3.05, 3.63) is 0 Å². The maximum atomic E-state index is 12.4. The van der Waals surface area contributed by atoms with Gasteiger partial charge in [0.15, 0.2) is 0 Å². The van der Waals surface area contributed by atoms with Crippen molar-refractivity contribution >= 4 is 11.8 Å². The SMILES string of the molecule is CN(CC(=O)N1CCOCC1)C(=O)[C@@H]1CCC[C@@H]1CN. The van der Waals surface area contributed by atoms with Gasteiger partial charge >= 0.3 is 0 Å². The van der Waals surface area contributed by atoms with Gasteiger partial charge in [-0.2, -0.15) is 0 Å². The molecule has 114 valence electrons. The second-order valence-corrected chi connectivity index (χ2v) is 5.72. The third-order valence-electron chi connectivity index (χ3n) is 4.39. The van der Waals surface area contributed by atoms with Gasteiger partial charge in [0.25, 0.3) is 0 Å². The number of ether oxygens (including phenoxy) is 1. The maximum Gasteiger partial charge on any atom is 0.242 e. The summed E-state index contributed by atoms with van der Waals surface area (Å²) >= 11 is 0. The van der Waals surface area contributed by atoms with Crippen LogP contribution < -0.4 is 5.73 Å². The minimum atomic E-state index is 0.00230. The van der Waals surface area contributed by atoms with Crippen LogP contribution in [0, 0.1) is 11.8 Å². The molecule has 1 saturated carbocycles. The number of carbonyl (C=O) groups excluding carboxylic acids is 2. The van der Waals surface area contributed by atoms with Crippen molar-refractivity contribution in [2.75, 3.05) is 46.4 Å². The smallest absolute Gasteiger partial charge is 0.242 e. The Labute approximate surface area is 120 Å². The predicted octanol–water partition coefficient (Wildman–Crippen LogP) is -0.321. The van der Waals surface area contributed by atoms with Gasteiger partial charge in [-0.25, -0.2) is 0 Å². The van der Waals surface area contributed by atoms with Gasteiger partial charge in [0.2, 0.25) is 11.8 Å². The van der Waals surface area contributed by atoms with E-state index in [1.54, 1.807) is 16.8 Å². The Bertz CT molecular complexity index is 356. The van der Waals surface area contributed by atoms with E-state index in [-0.39, 0.29) is 30.2 Å². The molecule has 6 nitrogen and oxygen atoms in total. The van der Waals surface area contributed by atoms with Crippen LogP contribution in [0.3, 0.4) is 0 Å². The average molecular weight is 283 g/mol. The fraction of sp³-hybridized carbons (Fsp3) is 0.857. The molecule has 20 heavy (non-hydrogen) atoms. The first-order chi connectivity index (χ1) is 9.63. The average Bonchev–Trinajstić information content (AvgIpc) is 2.95. The monoisotopic (exact) mass is 283 g/mol. The second kappa shape index (κ2) is 7.04. The number of likely N-dealkylation sites (N-methyl/N-ethyl adjacent to an activating group) is 1. The van der Waals surface area contributed by atoms with Crippen molar-refractivity contribution in [2.24, 2.45) is 17.6 Å². The molecule has 0 aromatic rings. The number of hydrogen-bond acceptors (Lipinski definition) is 4. The zero-order valence-corrected chi connectivity index (χ0v) is 12.2. The molecule has 0 aromatic carbocycles. The topological polar surface area (TPSA) is 75.9 Å². The zero-order valence-electron chi connectivity index (χ0n) is 12.2. The summed E-state index contributed by atoms with van der Waals surface area (Å²) in [5, 5.41) is 0. The third-order valence-corrected chi connectivity index (χ3v) is 4.39. The van der Waals surface area contributed by atoms with Gasteiger partial charge in [0, 0.05) is 26.1 Å². The Morgan fingerprint density at radius 3 is 2.65 bits per heavy atom. The molecule has 2 N–H and O–H groups in total. The molecule has 0 bridgehead atoms. The van der Waals surface area contributed by atoms with Crippen LogP contribution in [0.25, 0.3) is 0 Å². The number of amides is 2. The summed E-state index contributed by atoms with van der Waals surface area (Å²) in [5.74, 6) is 0.358. The van der Waals surface area contributed by atoms with Crippen molar-refractivity contribution < 1.29 is 14.3 Å². The molecule has 1 saturated heterocycles. The Morgan fingerprint density at radius 2 is 2.00 bits per heavy atom. The standard InChI is InChI=1S/C14H25N3O3/c1-16(10-13(18)17-5-7-20-8-6-17)14(19)12-4-2-3-11(12)9-15/h11-12H,2-10,15H2,1H3/t11-,12-/m1/s1. The minimum absolute atomic E-state index is 0.00230. The van der Waals surface area contributed by atoms with Crippen LogP contribution in [0.4, 0.5) is 0 Å². The second-order valence-electron chi connectivity index (χ2n) is 5.72. The van der Waals surface area contributed by atoms with Crippen molar-refractivity contribution in [3.63, 3.8) is 0 Å². The number of hydrogen-bond donors (Lipinski definition) is 1. The van der Waals surface area contributed by atoms with Gasteiger partial charge in [0.1, 0.15) is 0 Å². The fourth-order valence-electron chi connectivity index (χ4n) is 3.12. The Kier molecular flexibility index (Phi) is 5.37. The van der Waals surface area contributed by atoms with Crippen LogP contribution >= 0.6 is 0 Å². The summed E-state index contributed by atoms with van der Waals surface area (Å²) < 4.78 is 5.22. The zero-order chi connectivity index (χ0) is 14.5. The van der Waals surface area contributed by atoms with E-state index in [1.165, 1.54) is 0 Å². The summed E-state index contributed by atoms with van der Waals surface area (Å²) in [6.45, 7) is 3.13. The van der Waals surface area contributed by atoms with Crippen LogP contribution in [0.1, 0.15) is 19.3 Å². The summed E-state index contributed by atoms with van der Waals surface area (Å²) in [6, 6.07) is 0. The van der Waals surface area contributed by atoms with Crippen LogP contribution in [0.2, 0.25) is 0 Å². The highest BCUT2D eigenvalue weighted by atomic mass is 16.5. The largest absolute Gasteiger partial charge is 0.378 e. The number of nitrogens with zero attached hydrogens (tertiary/aromatic N) is 2. The normalized spacial score (nSPS) is 26.6. The van der Waals surface area contributed by atoms with E-state index in [0.29, 0.717) is 32.8 Å². The van der Waals surface area contributed by atoms with Gasteiger partial charge in [0.05, 0.1) is 19.8 Å². The van der Waals surface area contributed by atoms with Gasteiger partial charge in [-0.1, -0.05) is 6.42 Å². The molecule has 2 fully saturated rings. The number of carbonyl (C=O) groups is 2. The quantitative estimate of drug-likeness (QED) is 0.767. The summed E-state index contributed by atoms with van der Waals surface area (Å²) in [6.07, 6.45) is 2.98. The maximum absolute atomic E-state index is 12.4. The third kappa shape index (κ3) is 3.49. The highest BCUT2D eigenvalue weighted by molar-refractivity contribution is 5.86. The molecule has 1 aliphatic carbocycles. The summed E-state index contributed by atoms with van der Waals surface area (Å²) in [7, 11) is 1.71. The molecule has 0 aromatic heterocycles. The van der Waals surface area contributed by atoms with E-state index in [1.807, 2.05) is 0 Å². The van der Waals surface area contributed by atoms with E-state index < -0.39 is 0 Å². The van der Waals surface area contributed by atoms with Gasteiger partial charge in [-0.3, -0.25) is 9.59 Å². The summed E-state index contributed by atoms with van der Waals surface area (Å²) in [4.78, 5) is 27.9. The molecule has 1 aliphatic heterocycles. The predicted molar refractivity (Wildman–Crippen MR) is 74.9 cm³/mol. The molecule has 2 rings (SSSR count). The number of morpholine rings is 1. The molecule has 2 aliphatic rings. The first-order valence-electron chi connectivity index (χ1n) is 7.44. The lowest BCUT2D eigenvalue weighted by Crippen LogP contribution is -2.47. The highest BCUT2D eigenvalue weighted by Gasteiger charge is 2.34. The van der Waals surface area contributed by atoms with E-state index in [9.17, 15) is 9.59 Å².